The first-order chi connectivity index (χ1) is 18.3. The Kier molecular flexibility index (Phi) is 5.34. The first kappa shape index (κ1) is 22.0. The fraction of sp³-hybridized carbons (Fsp3) is 0. The smallest absolute Gasteiger partial charge is 0.0709 e. The zero-order valence-corrected chi connectivity index (χ0v) is 21.6. The van der Waals surface area contributed by atoms with Crippen molar-refractivity contribution in [2.75, 3.05) is 0 Å². The number of halogens is 1. The van der Waals surface area contributed by atoms with Crippen LogP contribution >= 0.6 is 15.9 Å². The van der Waals surface area contributed by atoms with Crippen LogP contribution in [-0.4, -0.2) is 4.98 Å². The predicted molar refractivity (Wildman–Crippen MR) is 161 cm³/mol. The zero-order chi connectivity index (χ0) is 24.8. The maximum absolute atomic E-state index is 4.87. The molecule has 0 fully saturated rings. The van der Waals surface area contributed by atoms with E-state index in [4.69, 9.17) is 4.98 Å². The molecule has 0 saturated heterocycles. The first-order valence-electron chi connectivity index (χ1n) is 12.4. The van der Waals surface area contributed by atoms with Gasteiger partial charge in [-0.15, -0.1) is 0 Å². The Balaban J connectivity index is 1.80. The molecule has 2 heteroatoms. The van der Waals surface area contributed by atoms with Crippen molar-refractivity contribution in [3.63, 3.8) is 0 Å². The lowest BCUT2D eigenvalue weighted by atomic mass is 9.82. The van der Waals surface area contributed by atoms with Crippen molar-refractivity contribution >= 4 is 48.2 Å². The molecule has 0 radical (unpaired) electrons. The highest BCUT2D eigenvalue weighted by Crippen LogP contribution is 2.48. The van der Waals surface area contributed by atoms with Crippen LogP contribution in [0.3, 0.4) is 0 Å². The summed E-state index contributed by atoms with van der Waals surface area (Å²) in [7, 11) is 0. The summed E-state index contributed by atoms with van der Waals surface area (Å²) in [5.41, 5.74) is 6.91. The maximum atomic E-state index is 4.87. The number of pyridine rings is 1. The van der Waals surface area contributed by atoms with Crippen molar-refractivity contribution in [2.24, 2.45) is 0 Å². The number of fused-ring (bicyclic) bond motifs is 6. The predicted octanol–water partition coefficient (Wildman–Crippen LogP) is 10.3. The summed E-state index contributed by atoms with van der Waals surface area (Å²) in [6.07, 6.45) is 1.88. The summed E-state index contributed by atoms with van der Waals surface area (Å²) in [6.45, 7) is 0. The quantitative estimate of drug-likeness (QED) is 0.205. The van der Waals surface area contributed by atoms with E-state index in [9.17, 15) is 0 Å². The molecule has 0 spiro atoms. The topological polar surface area (TPSA) is 12.9 Å². The molecule has 6 aromatic carbocycles. The van der Waals surface area contributed by atoms with Gasteiger partial charge in [-0.25, -0.2) is 0 Å². The second-order valence-electron chi connectivity index (χ2n) is 9.28. The molecule has 174 valence electrons. The van der Waals surface area contributed by atoms with Crippen LogP contribution in [0.4, 0.5) is 0 Å². The van der Waals surface area contributed by atoms with E-state index in [1.807, 2.05) is 6.20 Å². The summed E-state index contributed by atoms with van der Waals surface area (Å²) in [5, 5.41) is 7.61. The van der Waals surface area contributed by atoms with Crippen molar-refractivity contribution in [3.8, 4) is 33.5 Å². The Bertz CT molecular complexity index is 1910. The number of benzene rings is 6. The number of nitrogens with zero attached hydrogens (tertiary/aromatic N) is 1. The van der Waals surface area contributed by atoms with Crippen molar-refractivity contribution in [2.45, 2.75) is 0 Å². The Morgan fingerprint density at radius 3 is 1.59 bits per heavy atom. The number of hydrogen-bond acceptors (Lipinski definition) is 1. The molecule has 0 amide bonds. The van der Waals surface area contributed by atoms with Gasteiger partial charge in [-0.05, 0) is 88.7 Å². The highest BCUT2D eigenvalue weighted by molar-refractivity contribution is 9.10. The fourth-order valence-corrected chi connectivity index (χ4v) is 5.83. The van der Waals surface area contributed by atoms with Gasteiger partial charge in [0.1, 0.15) is 0 Å². The van der Waals surface area contributed by atoms with Gasteiger partial charge in [0.05, 0.1) is 5.69 Å². The van der Waals surface area contributed by atoms with E-state index < -0.39 is 0 Å². The monoisotopic (exact) mass is 535 g/mol. The molecule has 0 aliphatic heterocycles. The Morgan fingerprint density at radius 2 is 1.00 bits per heavy atom. The van der Waals surface area contributed by atoms with Gasteiger partial charge in [-0.3, -0.25) is 4.98 Å². The van der Waals surface area contributed by atoms with Crippen molar-refractivity contribution < 1.29 is 0 Å². The van der Waals surface area contributed by atoms with E-state index in [-0.39, 0.29) is 0 Å². The fourth-order valence-electron chi connectivity index (χ4n) is 5.59. The standard InChI is InChI=1S/C35H22BrN/c36-25-19-20-32(37-22-25)31-21-30(23-11-3-1-4-12-23)34-28-17-9-7-15-26(28)27-16-8-10-18-29(27)35(34)33(31)24-13-5-2-6-14-24/h1-22H. The molecule has 7 rings (SSSR count). The van der Waals surface area contributed by atoms with Crippen LogP contribution < -0.4 is 0 Å². The lowest BCUT2D eigenvalue weighted by Crippen LogP contribution is -1.95. The summed E-state index contributed by atoms with van der Waals surface area (Å²) in [6, 6.07) is 45.6. The Labute approximate surface area is 224 Å². The van der Waals surface area contributed by atoms with Crippen LogP contribution in [0.5, 0.6) is 0 Å². The average molecular weight is 536 g/mol. The molecule has 1 aromatic heterocycles. The van der Waals surface area contributed by atoms with Crippen LogP contribution in [0.1, 0.15) is 0 Å². The molecule has 0 bridgehead atoms. The van der Waals surface area contributed by atoms with E-state index in [0.29, 0.717) is 0 Å². The molecule has 0 unspecified atom stereocenters. The molecule has 0 aliphatic rings. The second kappa shape index (κ2) is 8.99. The lowest BCUT2D eigenvalue weighted by molar-refractivity contribution is 1.31. The highest BCUT2D eigenvalue weighted by Gasteiger charge is 2.21. The third-order valence-corrected chi connectivity index (χ3v) is 7.63. The Hall–Kier alpha value is -4.27. The van der Waals surface area contributed by atoms with E-state index in [1.54, 1.807) is 0 Å². The van der Waals surface area contributed by atoms with E-state index >= 15 is 0 Å². The SMILES string of the molecule is Brc1ccc(-c2cc(-c3ccccc3)c3c4ccccc4c4ccccc4c3c2-c2ccccc2)nc1. The highest BCUT2D eigenvalue weighted by atomic mass is 79.9. The van der Waals surface area contributed by atoms with Crippen molar-refractivity contribution in [1.29, 1.82) is 0 Å². The van der Waals surface area contributed by atoms with Crippen LogP contribution in [0, 0.1) is 0 Å². The number of rotatable bonds is 3. The van der Waals surface area contributed by atoms with Crippen LogP contribution in [0.15, 0.2) is 138 Å². The molecule has 0 saturated carbocycles. The summed E-state index contributed by atoms with van der Waals surface area (Å²) >= 11 is 3.57. The molecule has 0 aliphatic carbocycles. The van der Waals surface area contributed by atoms with E-state index in [2.05, 4.69) is 143 Å². The minimum atomic E-state index is 0.957. The maximum Gasteiger partial charge on any atom is 0.0709 e. The largest absolute Gasteiger partial charge is 0.255 e. The average Bonchev–Trinajstić information content (AvgIpc) is 2.97. The van der Waals surface area contributed by atoms with Crippen molar-refractivity contribution in [3.05, 3.63) is 138 Å². The molecule has 1 nitrogen and oxygen atoms in total. The van der Waals surface area contributed by atoms with E-state index in [0.717, 1.165) is 15.7 Å². The molecule has 1 heterocycles. The normalized spacial score (nSPS) is 11.4. The van der Waals surface area contributed by atoms with Gasteiger partial charge < -0.3 is 0 Å². The lowest BCUT2D eigenvalue weighted by Gasteiger charge is -2.21. The van der Waals surface area contributed by atoms with Crippen LogP contribution in [-0.2, 0) is 0 Å². The van der Waals surface area contributed by atoms with E-state index in [1.165, 1.54) is 54.6 Å². The van der Waals surface area contributed by atoms with Gasteiger partial charge in [0, 0.05) is 16.2 Å². The Morgan fingerprint density at radius 1 is 0.459 bits per heavy atom. The van der Waals surface area contributed by atoms with Gasteiger partial charge in [0.2, 0.25) is 0 Å². The van der Waals surface area contributed by atoms with Gasteiger partial charge in [-0.1, -0.05) is 109 Å². The second-order valence-corrected chi connectivity index (χ2v) is 10.2. The third-order valence-electron chi connectivity index (χ3n) is 7.16. The number of hydrogen-bond donors (Lipinski definition) is 0. The van der Waals surface area contributed by atoms with Crippen LogP contribution in [0.2, 0.25) is 0 Å². The van der Waals surface area contributed by atoms with Gasteiger partial charge in [0.15, 0.2) is 0 Å². The minimum Gasteiger partial charge on any atom is -0.255 e. The minimum absolute atomic E-state index is 0.957. The summed E-state index contributed by atoms with van der Waals surface area (Å²) in [4.78, 5) is 4.87. The molecule has 7 aromatic rings. The first-order valence-corrected chi connectivity index (χ1v) is 13.2. The molecular weight excluding hydrogens is 514 g/mol. The van der Waals surface area contributed by atoms with Crippen molar-refractivity contribution in [1.82, 2.24) is 4.98 Å². The van der Waals surface area contributed by atoms with Gasteiger partial charge >= 0.3 is 0 Å². The summed E-state index contributed by atoms with van der Waals surface area (Å²) < 4.78 is 0.970. The molecule has 0 N–H and O–H groups in total. The zero-order valence-electron chi connectivity index (χ0n) is 20.0. The van der Waals surface area contributed by atoms with Gasteiger partial charge in [0.25, 0.3) is 0 Å². The number of aromatic nitrogens is 1. The molecular formula is C35H22BrN. The molecule has 0 atom stereocenters. The molecule has 37 heavy (non-hydrogen) atoms. The third kappa shape index (κ3) is 3.64. The van der Waals surface area contributed by atoms with Gasteiger partial charge in [-0.2, -0.15) is 0 Å². The van der Waals surface area contributed by atoms with Crippen LogP contribution in [0.25, 0.3) is 65.8 Å². The summed E-state index contributed by atoms with van der Waals surface area (Å²) in [5.74, 6) is 0.